The average molecular weight is 474 g/mol. The van der Waals surface area contributed by atoms with Crippen molar-refractivity contribution >= 4 is 34.5 Å². The van der Waals surface area contributed by atoms with E-state index in [2.05, 4.69) is 68.6 Å². The molecule has 0 atom stereocenters. The van der Waals surface area contributed by atoms with Gasteiger partial charge in [-0.2, -0.15) is 0 Å². The zero-order valence-electron chi connectivity index (χ0n) is 20.1. The summed E-state index contributed by atoms with van der Waals surface area (Å²) >= 11 is 5.54. The highest BCUT2D eigenvalue weighted by atomic mass is 32.1. The van der Waals surface area contributed by atoms with Gasteiger partial charge < -0.3 is 20.4 Å². The third kappa shape index (κ3) is 5.09. The number of aromatic nitrogens is 3. The Hall–Kier alpha value is -2.94. The fourth-order valence-corrected chi connectivity index (χ4v) is 4.75. The summed E-state index contributed by atoms with van der Waals surface area (Å²) in [7, 11) is 2.19. The quantitative estimate of drug-likeness (QED) is 0.540. The van der Waals surface area contributed by atoms with Crippen LogP contribution in [0.15, 0.2) is 36.7 Å². The van der Waals surface area contributed by atoms with Crippen LogP contribution < -0.4 is 10.6 Å². The molecule has 0 bridgehead atoms. The Labute approximate surface area is 206 Å². The lowest BCUT2D eigenvalue weighted by atomic mass is 10.0. The number of benzene rings is 1. The maximum absolute atomic E-state index is 5.54. The van der Waals surface area contributed by atoms with Gasteiger partial charge in [0, 0.05) is 68.4 Å². The number of hydrogen-bond donors (Lipinski definition) is 2. The summed E-state index contributed by atoms with van der Waals surface area (Å²) in [6, 6.07) is 8.50. The minimum atomic E-state index is 0.569. The van der Waals surface area contributed by atoms with E-state index in [4.69, 9.17) is 17.2 Å². The van der Waals surface area contributed by atoms with Crippen LogP contribution in [0.3, 0.4) is 0 Å². The van der Waals surface area contributed by atoms with E-state index in [0.717, 1.165) is 78.0 Å². The first-order chi connectivity index (χ1) is 16.4. The molecule has 5 rings (SSSR count). The van der Waals surface area contributed by atoms with Gasteiger partial charge in [0.25, 0.3) is 0 Å². The maximum atomic E-state index is 5.54. The molecule has 2 aliphatic heterocycles. The molecule has 2 N–H and O–H groups in total. The van der Waals surface area contributed by atoms with E-state index in [-0.39, 0.29) is 0 Å². The lowest BCUT2D eigenvalue weighted by Gasteiger charge is -2.32. The van der Waals surface area contributed by atoms with Gasteiger partial charge >= 0.3 is 0 Å². The van der Waals surface area contributed by atoms with Crippen LogP contribution in [0.25, 0.3) is 11.3 Å². The number of fused-ring (bicyclic) bond motifs is 3. The molecule has 0 saturated carbocycles. The molecule has 1 saturated heterocycles. The first-order valence-corrected chi connectivity index (χ1v) is 12.3. The van der Waals surface area contributed by atoms with E-state index >= 15 is 0 Å². The van der Waals surface area contributed by atoms with Gasteiger partial charge in [-0.25, -0.2) is 9.97 Å². The summed E-state index contributed by atoms with van der Waals surface area (Å²) in [5.41, 5.74) is 8.26. The van der Waals surface area contributed by atoms with E-state index in [1.807, 2.05) is 19.3 Å². The minimum absolute atomic E-state index is 0.569. The molecule has 3 aromatic rings. The normalized spacial score (nSPS) is 16.4. The van der Waals surface area contributed by atoms with Crippen molar-refractivity contribution in [3.63, 3.8) is 0 Å². The number of aryl methyl sites for hydroxylation is 2. The summed E-state index contributed by atoms with van der Waals surface area (Å²) in [5.74, 6) is 0.569. The number of nitrogens with one attached hydrogen (secondary N) is 2. The van der Waals surface area contributed by atoms with Crippen LogP contribution in [-0.4, -0.2) is 69.5 Å². The first kappa shape index (κ1) is 22.8. The highest BCUT2D eigenvalue weighted by molar-refractivity contribution is 7.80. The van der Waals surface area contributed by atoms with E-state index in [0.29, 0.717) is 12.4 Å². The molecular formula is C26H31N7S. The van der Waals surface area contributed by atoms with E-state index in [1.54, 1.807) is 0 Å². The zero-order chi connectivity index (χ0) is 23.7. The smallest absolute Gasteiger partial charge is 0.227 e. The van der Waals surface area contributed by atoms with Crippen molar-refractivity contribution in [3.05, 3.63) is 59.0 Å². The van der Waals surface area contributed by atoms with Crippen molar-refractivity contribution in [1.82, 2.24) is 24.8 Å². The maximum Gasteiger partial charge on any atom is 0.227 e. The Morgan fingerprint density at radius 1 is 1.06 bits per heavy atom. The summed E-state index contributed by atoms with van der Waals surface area (Å²) in [5, 5.41) is 6.79. The Morgan fingerprint density at radius 3 is 2.71 bits per heavy atom. The molecule has 0 spiro atoms. The highest BCUT2D eigenvalue weighted by Gasteiger charge is 2.20. The number of anilines is 3. The zero-order valence-corrected chi connectivity index (χ0v) is 20.9. The summed E-state index contributed by atoms with van der Waals surface area (Å²) < 4.78 is 0. The van der Waals surface area contributed by atoms with Crippen molar-refractivity contribution in [2.75, 3.05) is 50.4 Å². The predicted octanol–water partition coefficient (Wildman–Crippen LogP) is 3.98. The fourth-order valence-electron chi connectivity index (χ4n) is 4.48. The Balaban J connectivity index is 1.36. The molecule has 2 aromatic heterocycles. The van der Waals surface area contributed by atoms with Gasteiger partial charge in [-0.3, -0.25) is 4.98 Å². The van der Waals surface area contributed by atoms with Crippen LogP contribution in [0.2, 0.25) is 0 Å². The molecule has 2 aliphatic rings. The van der Waals surface area contributed by atoms with Gasteiger partial charge in [-0.05, 0) is 50.6 Å². The molecule has 4 heterocycles. The van der Waals surface area contributed by atoms with Gasteiger partial charge in [0.1, 0.15) is 0 Å². The van der Waals surface area contributed by atoms with E-state index in [9.17, 15) is 0 Å². The minimum Gasteiger partial charge on any atom is -0.349 e. The van der Waals surface area contributed by atoms with Crippen molar-refractivity contribution in [3.8, 4) is 11.3 Å². The topological polar surface area (TPSA) is 69.2 Å². The molecule has 0 amide bonds. The van der Waals surface area contributed by atoms with Gasteiger partial charge in [-0.1, -0.05) is 24.4 Å². The predicted molar refractivity (Wildman–Crippen MR) is 142 cm³/mol. The van der Waals surface area contributed by atoms with Crippen molar-refractivity contribution < 1.29 is 0 Å². The molecule has 1 aromatic carbocycles. The molecule has 7 nitrogen and oxygen atoms in total. The molecular weight excluding hydrogens is 442 g/mol. The lowest BCUT2D eigenvalue weighted by molar-refractivity contribution is 0.155. The molecule has 0 aliphatic carbocycles. The Morgan fingerprint density at radius 2 is 1.88 bits per heavy atom. The second kappa shape index (κ2) is 9.74. The molecule has 34 heavy (non-hydrogen) atoms. The molecule has 0 radical (unpaired) electrons. The highest BCUT2D eigenvalue weighted by Crippen LogP contribution is 2.34. The third-order valence-electron chi connectivity index (χ3n) is 6.62. The standard InChI is InChI=1S/C26H31N7S/c1-17-4-5-21-23(12-17)29-24(34)14-20-16-28-26(31-25(20)21)30-22-13-19(15-27-18(22)2)6-7-33-10-8-32(3)9-11-33/h4-5,12-13,15-16H,6-11,14H2,1-3H3,(H,29,34)(H,28,30,31). The van der Waals surface area contributed by atoms with Gasteiger partial charge in [0.05, 0.1) is 22.1 Å². The lowest BCUT2D eigenvalue weighted by Crippen LogP contribution is -2.45. The molecule has 0 unspecified atom stereocenters. The van der Waals surface area contributed by atoms with Crippen LogP contribution in [0.1, 0.15) is 22.4 Å². The Kier molecular flexibility index (Phi) is 6.54. The first-order valence-electron chi connectivity index (χ1n) is 11.8. The van der Waals surface area contributed by atoms with Crippen LogP contribution in [0.4, 0.5) is 17.3 Å². The van der Waals surface area contributed by atoms with Crippen molar-refractivity contribution in [2.24, 2.45) is 0 Å². The molecule has 8 heteroatoms. The summed E-state index contributed by atoms with van der Waals surface area (Å²) in [6.07, 6.45) is 5.47. The fraction of sp³-hybridized carbons (Fsp3) is 0.385. The van der Waals surface area contributed by atoms with Crippen LogP contribution in [0.5, 0.6) is 0 Å². The number of piperazine rings is 1. The number of thiocarbonyl (C=S) groups is 1. The number of pyridine rings is 1. The van der Waals surface area contributed by atoms with Crippen LogP contribution in [-0.2, 0) is 12.8 Å². The third-order valence-corrected chi connectivity index (χ3v) is 6.87. The van der Waals surface area contributed by atoms with Crippen LogP contribution >= 0.6 is 12.2 Å². The summed E-state index contributed by atoms with van der Waals surface area (Å²) in [4.78, 5) is 19.8. The van der Waals surface area contributed by atoms with E-state index < -0.39 is 0 Å². The van der Waals surface area contributed by atoms with Crippen LogP contribution in [0, 0.1) is 13.8 Å². The second-order valence-electron chi connectivity index (χ2n) is 9.34. The van der Waals surface area contributed by atoms with E-state index in [1.165, 1.54) is 11.1 Å². The van der Waals surface area contributed by atoms with Gasteiger partial charge in [0.15, 0.2) is 0 Å². The summed E-state index contributed by atoms with van der Waals surface area (Å²) in [6.45, 7) is 9.67. The van der Waals surface area contributed by atoms with Crippen molar-refractivity contribution in [1.29, 1.82) is 0 Å². The molecule has 1 fully saturated rings. The molecule has 176 valence electrons. The number of hydrogen-bond acceptors (Lipinski definition) is 7. The van der Waals surface area contributed by atoms with Crippen molar-refractivity contribution in [2.45, 2.75) is 26.7 Å². The average Bonchev–Trinajstić information content (AvgIpc) is 2.95. The largest absolute Gasteiger partial charge is 0.349 e. The Bertz CT molecular complexity index is 1220. The second-order valence-corrected chi connectivity index (χ2v) is 9.83. The number of rotatable bonds is 5. The SMILES string of the molecule is Cc1ccc2c(c1)NC(=S)Cc1cnc(Nc3cc(CCN4CCN(C)CC4)cnc3C)nc1-2. The number of nitrogens with zero attached hydrogens (tertiary/aromatic N) is 5. The number of likely N-dealkylation sites (N-methyl/N-ethyl adjacent to an activating group) is 1. The monoisotopic (exact) mass is 473 g/mol. The van der Waals surface area contributed by atoms with Gasteiger partial charge in [-0.15, -0.1) is 0 Å². The van der Waals surface area contributed by atoms with Gasteiger partial charge in [0.2, 0.25) is 5.95 Å².